The molecule has 0 radical (unpaired) electrons. The first-order valence-corrected chi connectivity index (χ1v) is 9.10. The summed E-state index contributed by atoms with van der Waals surface area (Å²) in [6.45, 7) is 6.16. The highest BCUT2D eigenvalue weighted by atomic mass is 35.5. The number of allylic oxidation sites excluding steroid dienone is 2. The van der Waals surface area contributed by atoms with Crippen LogP contribution in [0.25, 0.3) is 22.6 Å². The van der Waals surface area contributed by atoms with Gasteiger partial charge in [0, 0.05) is 5.02 Å². The second kappa shape index (κ2) is 8.28. The van der Waals surface area contributed by atoms with Gasteiger partial charge in [0.1, 0.15) is 12.2 Å². The molecule has 0 spiro atoms. The highest BCUT2D eigenvalue weighted by Gasteiger charge is 2.17. The van der Waals surface area contributed by atoms with Crippen LogP contribution in [-0.4, -0.2) is 6.61 Å². The van der Waals surface area contributed by atoms with Gasteiger partial charge in [0.05, 0.1) is 5.39 Å². The maximum Gasteiger partial charge on any atom is 0.235 e. The molecule has 2 aromatic carbocycles. The molecule has 0 saturated carbocycles. The monoisotopic (exact) mass is 380 g/mol. The van der Waals surface area contributed by atoms with Crippen LogP contribution in [0.4, 0.5) is 0 Å². The second-order valence-corrected chi connectivity index (χ2v) is 7.00. The Morgan fingerprint density at radius 2 is 1.85 bits per heavy atom. The van der Waals surface area contributed by atoms with Gasteiger partial charge in [-0.25, -0.2) is 0 Å². The average Bonchev–Trinajstić information content (AvgIpc) is 2.64. The first-order chi connectivity index (χ1) is 13.0. The molecule has 4 heteroatoms. The highest BCUT2D eigenvalue weighted by molar-refractivity contribution is 6.31. The van der Waals surface area contributed by atoms with Gasteiger partial charge in [-0.1, -0.05) is 47.5 Å². The van der Waals surface area contributed by atoms with Crippen LogP contribution in [0, 0.1) is 0 Å². The Bertz CT molecular complexity index is 1070. The topological polar surface area (TPSA) is 39.4 Å². The van der Waals surface area contributed by atoms with Crippen LogP contribution in [-0.2, 0) is 0 Å². The molecule has 0 amide bonds. The number of fused-ring (bicyclic) bond motifs is 1. The Morgan fingerprint density at radius 3 is 2.56 bits per heavy atom. The number of rotatable bonds is 5. The maximum absolute atomic E-state index is 13.0. The van der Waals surface area contributed by atoms with Crippen molar-refractivity contribution in [3.8, 4) is 5.75 Å². The normalized spacial score (nSPS) is 11.5. The van der Waals surface area contributed by atoms with Crippen molar-refractivity contribution in [2.75, 3.05) is 6.61 Å². The summed E-state index contributed by atoms with van der Waals surface area (Å²) in [7, 11) is 0. The van der Waals surface area contributed by atoms with Gasteiger partial charge in [0.25, 0.3) is 0 Å². The predicted octanol–water partition coefficient (Wildman–Crippen LogP) is 6.35. The third kappa shape index (κ3) is 4.50. The minimum Gasteiger partial charge on any atom is -0.482 e. The Hall–Kier alpha value is -2.78. The molecule has 0 saturated heterocycles. The number of halogens is 1. The Morgan fingerprint density at radius 1 is 1.11 bits per heavy atom. The van der Waals surface area contributed by atoms with Crippen LogP contribution in [0.15, 0.2) is 69.4 Å². The Labute approximate surface area is 163 Å². The molecule has 138 valence electrons. The molecule has 0 bridgehead atoms. The van der Waals surface area contributed by atoms with E-state index in [1.165, 1.54) is 0 Å². The van der Waals surface area contributed by atoms with Crippen molar-refractivity contribution in [3.63, 3.8) is 0 Å². The van der Waals surface area contributed by atoms with E-state index >= 15 is 0 Å². The van der Waals surface area contributed by atoms with Gasteiger partial charge in [-0.2, -0.15) is 0 Å². The maximum atomic E-state index is 13.0. The summed E-state index contributed by atoms with van der Waals surface area (Å²) in [6.07, 6.45) is 3.88. The molecule has 0 unspecified atom stereocenters. The van der Waals surface area contributed by atoms with Crippen molar-refractivity contribution in [2.45, 2.75) is 20.8 Å². The zero-order valence-corrected chi connectivity index (χ0v) is 16.3. The molecule has 0 atom stereocenters. The molecule has 3 nitrogen and oxygen atoms in total. The van der Waals surface area contributed by atoms with E-state index in [-0.39, 0.29) is 11.2 Å². The van der Waals surface area contributed by atoms with Crippen LogP contribution >= 0.6 is 11.6 Å². The lowest BCUT2D eigenvalue weighted by Gasteiger charge is -2.11. The van der Waals surface area contributed by atoms with E-state index in [4.69, 9.17) is 20.8 Å². The van der Waals surface area contributed by atoms with Gasteiger partial charge in [-0.3, -0.25) is 4.79 Å². The van der Waals surface area contributed by atoms with Crippen molar-refractivity contribution in [3.05, 3.63) is 86.7 Å². The third-order valence-electron chi connectivity index (χ3n) is 4.07. The summed E-state index contributed by atoms with van der Waals surface area (Å²) < 4.78 is 11.9. The van der Waals surface area contributed by atoms with Crippen molar-refractivity contribution < 1.29 is 9.15 Å². The Kier molecular flexibility index (Phi) is 5.82. The summed E-state index contributed by atoms with van der Waals surface area (Å²) >= 11 is 6.06. The zero-order chi connectivity index (χ0) is 19.4. The summed E-state index contributed by atoms with van der Waals surface area (Å²) in [4.78, 5) is 13.0. The smallest absolute Gasteiger partial charge is 0.235 e. The molecule has 0 fully saturated rings. The first kappa shape index (κ1) is 19.0. The fraction of sp³-hybridized carbons (Fsp3) is 0.174. The van der Waals surface area contributed by atoms with Crippen LogP contribution in [0.3, 0.4) is 0 Å². The largest absolute Gasteiger partial charge is 0.482 e. The lowest BCUT2D eigenvalue weighted by atomic mass is 10.1. The van der Waals surface area contributed by atoms with E-state index < -0.39 is 0 Å². The number of hydrogen-bond donors (Lipinski definition) is 0. The molecule has 3 rings (SSSR count). The van der Waals surface area contributed by atoms with E-state index in [1.54, 1.807) is 18.2 Å². The fourth-order valence-electron chi connectivity index (χ4n) is 2.70. The van der Waals surface area contributed by atoms with Gasteiger partial charge in [-0.15, -0.1) is 0 Å². The van der Waals surface area contributed by atoms with Gasteiger partial charge >= 0.3 is 0 Å². The molecule has 0 aliphatic heterocycles. The van der Waals surface area contributed by atoms with Gasteiger partial charge in [0.2, 0.25) is 11.2 Å². The summed E-state index contributed by atoms with van der Waals surface area (Å²) in [6, 6.07) is 14.9. The van der Waals surface area contributed by atoms with E-state index in [0.717, 1.165) is 16.7 Å². The van der Waals surface area contributed by atoms with Crippen molar-refractivity contribution in [1.29, 1.82) is 0 Å². The van der Waals surface area contributed by atoms with Crippen LogP contribution in [0.2, 0.25) is 5.02 Å². The third-order valence-corrected chi connectivity index (χ3v) is 4.31. The van der Waals surface area contributed by atoms with Gasteiger partial charge in [-0.05, 0) is 62.3 Å². The average molecular weight is 381 g/mol. The Balaban J connectivity index is 2.16. The van der Waals surface area contributed by atoms with Crippen LogP contribution < -0.4 is 10.2 Å². The quantitative estimate of drug-likeness (QED) is 0.484. The highest BCUT2D eigenvalue weighted by Crippen LogP contribution is 2.29. The summed E-state index contributed by atoms with van der Waals surface area (Å²) in [5.41, 5.74) is 3.19. The molecule has 3 aromatic rings. The molecule has 0 aliphatic rings. The SMILES string of the molecule is CC(C)=CCOc1c(/C(C)=C\c2ccccc2)oc2ccc(Cl)cc2c1=O. The van der Waals surface area contributed by atoms with E-state index in [1.807, 2.05) is 63.3 Å². The number of benzene rings is 2. The number of hydrogen-bond acceptors (Lipinski definition) is 3. The van der Waals surface area contributed by atoms with E-state index in [0.29, 0.717) is 28.4 Å². The van der Waals surface area contributed by atoms with Crippen molar-refractivity contribution in [1.82, 2.24) is 0 Å². The van der Waals surface area contributed by atoms with Gasteiger partial charge in [0.15, 0.2) is 5.76 Å². The summed E-state index contributed by atoms with van der Waals surface area (Å²) in [5.74, 6) is 0.632. The number of ether oxygens (including phenoxy) is 1. The second-order valence-electron chi connectivity index (χ2n) is 6.56. The summed E-state index contributed by atoms with van der Waals surface area (Å²) in [5, 5.41) is 0.889. The molecule has 1 heterocycles. The minimum atomic E-state index is -0.225. The van der Waals surface area contributed by atoms with Crippen LogP contribution in [0.5, 0.6) is 5.75 Å². The molecule has 1 aromatic heterocycles. The zero-order valence-electron chi connectivity index (χ0n) is 15.6. The van der Waals surface area contributed by atoms with E-state index in [9.17, 15) is 4.79 Å². The van der Waals surface area contributed by atoms with Crippen molar-refractivity contribution >= 4 is 34.2 Å². The first-order valence-electron chi connectivity index (χ1n) is 8.72. The molecule has 0 aliphatic carbocycles. The lowest BCUT2D eigenvalue weighted by molar-refractivity contribution is 0.344. The van der Waals surface area contributed by atoms with E-state index in [2.05, 4.69) is 0 Å². The standard InChI is InChI=1S/C23H21ClO3/c1-15(2)11-12-26-23-21(25)19-14-18(24)9-10-20(19)27-22(23)16(3)13-17-7-5-4-6-8-17/h4-11,13-14H,12H2,1-3H3/b16-13-. The minimum absolute atomic E-state index is 0.201. The van der Waals surface area contributed by atoms with Crippen molar-refractivity contribution in [2.24, 2.45) is 0 Å². The molecular formula is C23H21ClO3. The fourth-order valence-corrected chi connectivity index (χ4v) is 2.87. The van der Waals surface area contributed by atoms with Crippen LogP contribution in [0.1, 0.15) is 32.1 Å². The lowest BCUT2D eigenvalue weighted by Crippen LogP contribution is -2.11. The predicted molar refractivity (Wildman–Crippen MR) is 112 cm³/mol. The van der Waals surface area contributed by atoms with Gasteiger partial charge < -0.3 is 9.15 Å². The molecule has 0 N–H and O–H groups in total. The molecular weight excluding hydrogens is 360 g/mol. The molecule has 27 heavy (non-hydrogen) atoms.